The van der Waals surface area contributed by atoms with Crippen LogP contribution in [0.25, 0.3) is 0 Å². The van der Waals surface area contributed by atoms with Crippen LogP contribution in [0.1, 0.15) is 12.5 Å². The Morgan fingerprint density at radius 1 is 1.26 bits per heavy atom. The summed E-state index contributed by atoms with van der Waals surface area (Å²) in [5.74, 6) is -0.384. The number of ether oxygens (including phenoxy) is 2. The van der Waals surface area contributed by atoms with Crippen LogP contribution in [-0.4, -0.2) is 38.5 Å². The number of aliphatic imine (C=N–C) groups is 1. The van der Waals surface area contributed by atoms with Crippen molar-refractivity contribution in [3.8, 4) is 0 Å². The Morgan fingerprint density at radius 3 is 2.68 bits per heavy atom. The van der Waals surface area contributed by atoms with Crippen LogP contribution in [0.5, 0.6) is 0 Å². The van der Waals surface area contributed by atoms with Gasteiger partial charge in [0.25, 0.3) is 0 Å². The first-order valence-electron chi connectivity index (χ1n) is 6.15. The quantitative estimate of drug-likeness (QED) is 0.312. The molecule has 1 rings (SSSR count). The number of esters is 1. The van der Waals surface area contributed by atoms with Gasteiger partial charge in [0.05, 0.1) is 19.8 Å². The molecule has 0 fully saturated rings. The van der Waals surface area contributed by atoms with Gasteiger partial charge in [0, 0.05) is 11.8 Å². The van der Waals surface area contributed by atoms with Crippen LogP contribution in [0.2, 0.25) is 0 Å². The highest BCUT2D eigenvalue weighted by Crippen LogP contribution is 1.94. The number of hydrogen-bond acceptors (Lipinski definition) is 4. The zero-order chi connectivity index (χ0) is 13.9. The maximum atomic E-state index is 11.0. The van der Waals surface area contributed by atoms with Gasteiger partial charge in [0.15, 0.2) is 0 Å². The normalized spacial score (nSPS) is 10.6. The molecule has 0 unspecified atom stereocenters. The predicted molar refractivity (Wildman–Crippen MR) is 75.5 cm³/mol. The van der Waals surface area contributed by atoms with Crippen LogP contribution in [0.4, 0.5) is 0 Å². The summed E-state index contributed by atoms with van der Waals surface area (Å²) in [4.78, 5) is 15.3. The monoisotopic (exact) mass is 261 g/mol. The lowest BCUT2D eigenvalue weighted by Crippen LogP contribution is -2.12. The van der Waals surface area contributed by atoms with E-state index in [2.05, 4.69) is 11.6 Å². The lowest BCUT2D eigenvalue weighted by atomic mass is 10.2. The smallest absolute Gasteiger partial charge is 0.333 e. The van der Waals surface area contributed by atoms with Crippen LogP contribution in [0.3, 0.4) is 0 Å². The fourth-order valence-corrected chi connectivity index (χ4v) is 1.24. The highest BCUT2D eigenvalue weighted by Gasteiger charge is 2.01. The number of rotatable bonds is 8. The van der Waals surface area contributed by atoms with E-state index in [1.54, 1.807) is 6.92 Å². The minimum atomic E-state index is -0.384. The van der Waals surface area contributed by atoms with Crippen molar-refractivity contribution < 1.29 is 14.3 Å². The number of carbonyl (C=O) groups excluding carboxylic acids is 1. The molecule has 0 aliphatic rings. The van der Waals surface area contributed by atoms with E-state index in [1.807, 2.05) is 36.5 Å². The fourth-order valence-electron chi connectivity index (χ4n) is 1.24. The van der Waals surface area contributed by atoms with Crippen molar-refractivity contribution in [2.75, 3.05) is 26.4 Å². The van der Waals surface area contributed by atoms with Crippen LogP contribution in [0, 0.1) is 0 Å². The molecule has 0 saturated carbocycles. The lowest BCUT2D eigenvalue weighted by Gasteiger charge is -2.04. The Bertz CT molecular complexity index is 426. The molecule has 0 amide bonds. The van der Waals surface area contributed by atoms with Gasteiger partial charge in [0.1, 0.15) is 6.61 Å². The van der Waals surface area contributed by atoms with Crippen LogP contribution in [-0.2, 0) is 14.3 Å². The van der Waals surface area contributed by atoms with E-state index in [-0.39, 0.29) is 12.6 Å². The lowest BCUT2D eigenvalue weighted by molar-refractivity contribution is -0.140. The van der Waals surface area contributed by atoms with Crippen molar-refractivity contribution in [3.63, 3.8) is 0 Å². The number of benzene rings is 1. The molecular weight excluding hydrogens is 242 g/mol. The molecule has 102 valence electrons. The Morgan fingerprint density at radius 2 is 2.00 bits per heavy atom. The second kappa shape index (κ2) is 9.05. The summed E-state index contributed by atoms with van der Waals surface area (Å²) in [6.07, 6.45) is 1.81. The molecule has 0 saturated heterocycles. The Balaban J connectivity index is 2.01. The molecule has 0 bridgehead atoms. The van der Waals surface area contributed by atoms with Crippen molar-refractivity contribution in [2.45, 2.75) is 6.92 Å². The van der Waals surface area contributed by atoms with Gasteiger partial charge < -0.3 is 9.47 Å². The fraction of sp³-hybridized carbons (Fsp3) is 0.333. The molecular formula is C15H19NO3. The number of nitrogens with zero attached hydrogens (tertiary/aromatic N) is 1. The Labute approximate surface area is 113 Å². The van der Waals surface area contributed by atoms with Gasteiger partial charge in [-0.05, 0) is 12.5 Å². The summed E-state index contributed by atoms with van der Waals surface area (Å²) in [6.45, 7) is 6.81. The molecule has 0 aliphatic carbocycles. The van der Waals surface area contributed by atoms with Crippen molar-refractivity contribution in [1.29, 1.82) is 0 Å². The predicted octanol–water partition coefficient (Wildman–Crippen LogP) is 2.24. The zero-order valence-electron chi connectivity index (χ0n) is 11.2. The van der Waals surface area contributed by atoms with Crippen LogP contribution < -0.4 is 0 Å². The molecule has 1 aromatic carbocycles. The van der Waals surface area contributed by atoms with E-state index < -0.39 is 0 Å². The van der Waals surface area contributed by atoms with E-state index in [1.165, 1.54) is 0 Å². The average molecular weight is 261 g/mol. The van der Waals surface area contributed by atoms with Gasteiger partial charge in [-0.25, -0.2) is 4.79 Å². The highest BCUT2D eigenvalue weighted by atomic mass is 16.6. The molecule has 4 heteroatoms. The summed E-state index contributed by atoms with van der Waals surface area (Å²) in [7, 11) is 0. The molecule has 0 atom stereocenters. The average Bonchev–Trinajstić information content (AvgIpc) is 2.42. The topological polar surface area (TPSA) is 47.9 Å². The summed E-state index contributed by atoms with van der Waals surface area (Å²) in [5.41, 5.74) is 1.46. The molecule has 0 aromatic heterocycles. The maximum Gasteiger partial charge on any atom is 0.333 e. The molecule has 0 radical (unpaired) electrons. The van der Waals surface area contributed by atoms with Gasteiger partial charge in [-0.15, -0.1) is 0 Å². The van der Waals surface area contributed by atoms with Crippen molar-refractivity contribution in [3.05, 3.63) is 48.0 Å². The van der Waals surface area contributed by atoms with E-state index in [4.69, 9.17) is 9.47 Å². The third kappa shape index (κ3) is 7.16. The molecule has 0 N–H and O–H groups in total. The highest BCUT2D eigenvalue weighted by molar-refractivity contribution is 5.86. The Kier molecular flexibility index (Phi) is 7.20. The zero-order valence-corrected chi connectivity index (χ0v) is 11.2. The first-order chi connectivity index (χ1) is 9.20. The molecule has 0 spiro atoms. The largest absolute Gasteiger partial charge is 0.460 e. The molecule has 4 nitrogen and oxygen atoms in total. The van der Waals surface area contributed by atoms with Crippen LogP contribution in [0.15, 0.2) is 47.5 Å². The van der Waals surface area contributed by atoms with Gasteiger partial charge in [-0.1, -0.05) is 36.9 Å². The molecule has 19 heavy (non-hydrogen) atoms. The summed E-state index contributed by atoms with van der Waals surface area (Å²) in [5, 5.41) is 0. The second-order valence-electron chi connectivity index (χ2n) is 3.97. The number of carbonyl (C=O) groups is 1. The van der Waals surface area contributed by atoms with Gasteiger partial charge in [0.2, 0.25) is 0 Å². The van der Waals surface area contributed by atoms with E-state index in [0.717, 1.165) is 5.56 Å². The summed E-state index contributed by atoms with van der Waals surface area (Å²) >= 11 is 0. The summed E-state index contributed by atoms with van der Waals surface area (Å²) in [6, 6.07) is 9.87. The first-order valence-corrected chi connectivity index (χ1v) is 6.15. The van der Waals surface area contributed by atoms with E-state index >= 15 is 0 Å². The SMILES string of the molecule is C=C(C)C(=O)OCCOCCN=Cc1ccccc1. The van der Waals surface area contributed by atoms with Crippen molar-refractivity contribution in [2.24, 2.45) is 4.99 Å². The number of hydrogen-bond donors (Lipinski definition) is 0. The van der Waals surface area contributed by atoms with Gasteiger partial charge in [-0.3, -0.25) is 4.99 Å². The Hall–Kier alpha value is -1.94. The van der Waals surface area contributed by atoms with E-state index in [9.17, 15) is 4.79 Å². The second-order valence-corrected chi connectivity index (χ2v) is 3.97. The van der Waals surface area contributed by atoms with Gasteiger partial charge in [-0.2, -0.15) is 0 Å². The summed E-state index contributed by atoms with van der Waals surface area (Å²) < 4.78 is 10.2. The molecule has 1 aromatic rings. The van der Waals surface area contributed by atoms with E-state index in [0.29, 0.717) is 25.3 Å². The maximum absolute atomic E-state index is 11.0. The standard InChI is InChI=1S/C15H19NO3/c1-13(2)15(17)19-11-10-18-9-8-16-12-14-6-4-3-5-7-14/h3-7,12H,1,8-11H2,2H3. The van der Waals surface area contributed by atoms with Crippen molar-refractivity contribution >= 4 is 12.2 Å². The first kappa shape index (κ1) is 15.1. The third-order valence-corrected chi connectivity index (χ3v) is 2.21. The minimum Gasteiger partial charge on any atom is -0.460 e. The van der Waals surface area contributed by atoms with Gasteiger partial charge >= 0.3 is 5.97 Å². The molecule has 0 heterocycles. The van der Waals surface area contributed by atoms with Crippen molar-refractivity contribution in [1.82, 2.24) is 0 Å². The third-order valence-electron chi connectivity index (χ3n) is 2.21. The van der Waals surface area contributed by atoms with Crippen LogP contribution >= 0.6 is 0 Å². The molecule has 0 aliphatic heterocycles. The minimum absolute atomic E-state index is 0.244.